The van der Waals surface area contributed by atoms with E-state index in [1.54, 1.807) is 11.3 Å². The van der Waals surface area contributed by atoms with Crippen molar-refractivity contribution in [2.75, 3.05) is 5.32 Å². The average Bonchev–Trinajstić information content (AvgIpc) is 3.46. The molecule has 2 aromatic carbocycles. The van der Waals surface area contributed by atoms with Crippen LogP contribution in [0.25, 0.3) is 26.6 Å². The number of carbonyl (C=O) groups excluding carboxylic acids is 1. The number of anilines is 1. The molecule has 154 valence electrons. The number of hydrogen-bond acceptors (Lipinski definition) is 6. The lowest BCUT2D eigenvalue weighted by Gasteiger charge is -2.02. The Morgan fingerprint density at radius 3 is 2.65 bits per heavy atom. The minimum Gasteiger partial charge on any atom is -0.339 e. The van der Waals surface area contributed by atoms with Gasteiger partial charge in [-0.25, -0.2) is 4.68 Å². The Morgan fingerprint density at radius 1 is 1.13 bits per heavy atom. The molecule has 5 rings (SSSR count). The van der Waals surface area contributed by atoms with Crippen LogP contribution in [0.4, 0.5) is 5.69 Å². The van der Waals surface area contributed by atoms with Gasteiger partial charge in [-0.2, -0.15) is 10.1 Å². The van der Waals surface area contributed by atoms with Crippen LogP contribution in [-0.4, -0.2) is 25.8 Å². The molecule has 0 aliphatic rings. The third-order valence-corrected chi connectivity index (χ3v) is 5.97. The van der Waals surface area contributed by atoms with Crippen molar-refractivity contribution in [1.82, 2.24) is 19.9 Å². The first-order valence-corrected chi connectivity index (χ1v) is 10.6. The lowest BCUT2D eigenvalue weighted by molar-refractivity contribution is -0.114. The highest BCUT2D eigenvalue weighted by Gasteiger charge is 2.17. The molecule has 1 amide bonds. The van der Waals surface area contributed by atoms with E-state index in [9.17, 15) is 4.79 Å². The Balaban J connectivity index is 1.40. The maximum atomic E-state index is 11.1. The zero-order valence-electron chi connectivity index (χ0n) is 17.0. The largest absolute Gasteiger partial charge is 0.339 e. The fraction of sp³-hybridized carbons (Fsp3) is 0.130. The SMILES string of the molecule is CC(=O)Nc1ccc(Cc2nc(-c3cc4c(C)nn(-c5ccccc5)c4s3)no2)cc1. The number of nitrogens with zero attached hydrogens (tertiary/aromatic N) is 4. The first kappa shape index (κ1) is 19.2. The van der Waals surface area contributed by atoms with Crippen LogP contribution in [0.1, 0.15) is 24.1 Å². The Labute approximate surface area is 182 Å². The molecule has 31 heavy (non-hydrogen) atoms. The molecule has 0 saturated carbocycles. The maximum absolute atomic E-state index is 11.1. The molecule has 0 spiro atoms. The van der Waals surface area contributed by atoms with Crippen molar-refractivity contribution < 1.29 is 9.32 Å². The lowest BCUT2D eigenvalue weighted by Crippen LogP contribution is -2.05. The molecule has 0 bridgehead atoms. The summed E-state index contributed by atoms with van der Waals surface area (Å²) in [6.07, 6.45) is 0.523. The Kier molecular flexibility index (Phi) is 4.83. The predicted octanol–water partition coefficient (Wildman–Crippen LogP) is 4.99. The van der Waals surface area contributed by atoms with Crippen LogP contribution >= 0.6 is 11.3 Å². The number of para-hydroxylation sites is 1. The molecule has 3 aromatic heterocycles. The highest BCUT2D eigenvalue weighted by Crippen LogP contribution is 2.35. The quantitative estimate of drug-likeness (QED) is 0.425. The Bertz CT molecular complexity index is 1370. The van der Waals surface area contributed by atoms with Gasteiger partial charge in [-0.3, -0.25) is 4.79 Å². The number of amides is 1. The van der Waals surface area contributed by atoms with Gasteiger partial charge in [0.15, 0.2) is 0 Å². The number of aryl methyl sites for hydroxylation is 1. The van der Waals surface area contributed by atoms with Crippen molar-refractivity contribution in [3.8, 4) is 16.4 Å². The molecule has 0 aliphatic carbocycles. The average molecular weight is 430 g/mol. The van der Waals surface area contributed by atoms with Gasteiger partial charge in [-0.05, 0) is 42.8 Å². The highest BCUT2D eigenvalue weighted by atomic mass is 32.1. The molecule has 0 atom stereocenters. The Hall–Kier alpha value is -3.78. The van der Waals surface area contributed by atoms with Crippen LogP contribution in [0.5, 0.6) is 0 Å². The second-order valence-corrected chi connectivity index (χ2v) is 8.26. The van der Waals surface area contributed by atoms with Gasteiger partial charge in [0.2, 0.25) is 17.6 Å². The van der Waals surface area contributed by atoms with E-state index < -0.39 is 0 Å². The summed E-state index contributed by atoms with van der Waals surface area (Å²) >= 11 is 1.60. The third kappa shape index (κ3) is 3.85. The van der Waals surface area contributed by atoms with Gasteiger partial charge >= 0.3 is 0 Å². The van der Waals surface area contributed by atoms with Crippen molar-refractivity contribution in [3.63, 3.8) is 0 Å². The first-order chi connectivity index (χ1) is 15.1. The van der Waals surface area contributed by atoms with Gasteiger partial charge in [-0.1, -0.05) is 35.5 Å². The summed E-state index contributed by atoms with van der Waals surface area (Å²) in [6, 6.07) is 19.7. The smallest absolute Gasteiger partial charge is 0.231 e. The van der Waals surface area contributed by atoms with Gasteiger partial charge in [0.05, 0.1) is 22.7 Å². The standard InChI is InChI=1S/C23H19N5O2S/c1-14-19-13-20(31-23(19)28(26-14)18-6-4-3-5-7-18)22-25-21(30-27-22)12-16-8-10-17(11-9-16)24-15(2)29/h3-11,13H,12H2,1-2H3,(H,24,29). The predicted molar refractivity (Wildman–Crippen MR) is 121 cm³/mol. The number of aromatic nitrogens is 4. The Morgan fingerprint density at radius 2 is 1.90 bits per heavy atom. The molecule has 0 radical (unpaired) electrons. The molecular formula is C23H19N5O2S. The zero-order chi connectivity index (χ0) is 21.4. The van der Waals surface area contributed by atoms with E-state index in [4.69, 9.17) is 4.52 Å². The molecule has 0 fully saturated rings. The van der Waals surface area contributed by atoms with Gasteiger partial charge in [0.1, 0.15) is 4.83 Å². The van der Waals surface area contributed by atoms with Gasteiger partial charge in [0, 0.05) is 18.0 Å². The van der Waals surface area contributed by atoms with E-state index in [0.717, 1.165) is 37.7 Å². The van der Waals surface area contributed by atoms with E-state index >= 15 is 0 Å². The summed E-state index contributed by atoms with van der Waals surface area (Å²) in [7, 11) is 0. The van der Waals surface area contributed by atoms with Crippen LogP contribution in [0.15, 0.2) is 65.2 Å². The van der Waals surface area contributed by atoms with Crippen molar-refractivity contribution in [3.05, 3.63) is 77.8 Å². The molecule has 0 aliphatic heterocycles. The maximum Gasteiger partial charge on any atom is 0.231 e. The molecule has 5 aromatic rings. The third-order valence-electron chi connectivity index (χ3n) is 4.86. The summed E-state index contributed by atoms with van der Waals surface area (Å²) in [5, 5.41) is 12.7. The fourth-order valence-electron chi connectivity index (χ4n) is 3.41. The lowest BCUT2D eigenvalue weighted by atomic mass is 10.1. The van der Waals surface area contributed by atoms with E-state index in [1.165, 1.54) is 6.92 Å². The summed E-state index contributed by atoms with van der Waals surface area (Å²) in [4.78, 5) is 17.7. The molecular weight excluding hydrogens is 410 g/mol. The van der Waals surface area contributed by atoms with Crippen LogP contribution < -0.4 is 5.32 Å². The summed E-state index contributed by atoms with van der Waals surface area (Å²) in [6.45, 7) is 3.49. The van der Waals surface area contributed by atoms with Gasteiger partial charge in [0.25, 0.3) is 0 Å². The summed E-state index contributed by atoms with van der Waals surface area (Å²) < 4.78 is 7.44. The van der Waals surface area contributed by atoms with Crippen molar-refractivity contribution in [2.45, 2.75) is 20.3 Å². The number of thiophene rings is 1. The topological polar surface area (TPSA) is 85.8 Å². The summed E-state index contributed by atoms with van der Waals surface area (Å²) in [5.41, 5.74) is 3.77. The van der Waals surface area contributed by atoms with Crippen molar-refractivity contribution >= 4 is 33.1 Å². The monoisotopic (exact) mass is 429 g/mol. The number of rotatable bonds is 5. The molecule has 7 nitrogen and oxygen atoms in total. The molecule has 0 unspecified atom stereocenters. The number of fused-ring (bicyclic) bond motifs is 1. The normalized spacial score (nSPS) is 11.2. The van der Waals surface area contributed by atoms with Gasteiger partial charge < -0.3 is 9.84 Å². The highest BCUT2D eigenvalue weighted by molar-refractivity contribution is 7.21. The van der Waals surface area contributed by atoms with Crippen LogP contribution in [0, 0.1) is 6.92 Å². The number of carbonyl (C=O) groups is 1. The van der Waals surface area contributed by atoms with E-state index in [2.05, 4.69) is 26.6 Å². The molecule has 1 N–H and O–H groups in total. The molecule has 8 heteroatoms. The van der Waals surface area contributed by atoms with E-state index in [-0.39, 0.29) is 5.91 Å². The summed E-state index contributed by atoms with van der Waals surface area (Å²) in [5.74, 6) is 1.02. The van der Waals surface area contributed by atoms with Crippen LogP contribution in [-0.2, 0) is 11.2 Å². The minimum absolute atomic E-state index is 0.0942. The fourth-order valence-corrected chi connectivity index (χ4v) is 4.52. The van der Waals surface area contributed by atoms with E-state index in [1.807, 2.05) is 66.2 Å². The number of benzene rings is 2. The first-order valence-electron chi connectivity index (χ1n) is 9.81. The molecule has 3 heterocycles. The second-order valence-electron chi connectivity index (χ2n) is 7.23. The second kappa shape index (κ2) is 7.81. The van der Waals surface area contributed by atoms with Gasteiger partial charge in [-0.15, -0.1) is 11.3 Å². The minimum atomic E-state index is -0.0942. The zero-order valence-corrected chi connectivity index (χ0v) is 17.8. The van der Waals surface area contributed by atoms with Crippen molar-refractivity contribution in [2.24, 2.45) is 0 Å². The van der Waals surface area contributed by atoms with E-state index in [0.29, 0.717) is 18.1 Å². The molecule has 0 saturated heterocycles. The van der Waals surface area contributed by atoms with Crippen LogP contribution in [0.3, 0.4) is 0 Å². The van der Waals surface area contributed by atoms with Crippen molar-refractivity contribution in [1.29, 1.82) is 0 Å². The van der Waals surface area contributed by atoms with Crippen LogP contribution in [0.2, 0.25) is 0 Å². The number of hydrogen-bond donors (Lipinski definition) is 1. The number of nitrogens with one attached hydrogen (secondary N) is 1.